The average Bonchev–Trinajstić information content (AvgIpc) is 2.83. The van der Waals surface area contributed by atoms with Gasteiger partial charge in [-0.2, -0.15) is 0 Å². The van der Waals surface area contributed by atoms with E-state index in [1.54, 1.807) is 11.3 Å². The van der Waals surface area contributed by atoms with Crippen molar-refractivity contribution in [2.75, 3.05) is 18.8 Å². The Labute approximate surface area is 112 Å². The van der Waals surface area contributed by atoms with Crippen LogP contribution in [0.5, 0.6) is 0 Å². The van der Waals surface area contributed by atoms with E-state index >= 15 is 0 Å². The molecule has 98 valence electrons. The van der Waals surface area contributed by atoms with Crippen molar-refractivity contribution in [3.05, 3.63) is 17.3 Å². The van der Waals surface area contributed by atoms with Gasteiger partial charge in [-0.05, 0) is 31.0 Å². The van der Waals surface area contributed by atoms with Crippen molar-refractivity contribution in [3.8, 4) is 0 Å². The minimum atomic E-state index is 0.600. The number of hydrogen-bond donors (Lipinski definition) is 1. The summed E-state index contributed by atoms with van der Waals surface area (Å²) in [4.78, 5) is 12.3. The Hall–Kier alpha value is -1.20. The second-order valence-corrected chi connectivity index (χ2v) is 5.28. The van der Waals surface area contributed by atoms with Gasteiger partial charge in [0.2, 0.25) is 0 Å². The second-order valence-electron chi connectivity index (χ2n) is 4.39. The van der Waals surface area contributed by atoms with Gasteiger partial charge in [-0.25, -0.2) is 9.97 Å². The van der Waals surface area contributed by atoms with E-state index in [9.17, 15) is 0 Å². The molecule has 0 aliphatic carbocycles. The normalized spacial score (nSPS) is 11.5. The van der Waals surface area contributed by atoms with Crippen LogP contribution in [0.4, 0.5) is 5.82 Å². The van der Waals surface area contributed by atoms with E-state index in [0.29, 0.717) is 5.82 Å². The summed E-state index contributed by atoms with van der Waals surface area (Å²) in [6, 6.07) is 1.98. The van der Waals surface area contributed by atoms with E-state index in [1.807, 2.05) is 11.4 Å². The van der Waals surface area contributed by atoms with Crippen molar-refractivity contribution >= 4 is 27.4 Å². The summed E-state index contributed by atoms with van der Waals surface area (Å²) in [6.07, 6.45) is 2.42. The number of fused-ring (bicyclic) bond motifs is 1. The van der Waals surface area contributed by atoms with Crippen LogP contribution in [0.1, 0.15) is 32.5 Å². The van der Waals surface area contributed by atoms with E-state index in [2.05, 4.69) is 28.7 Å². The quantitative estimate of drug-likeness (QED) is 0.871. The lowest BCUT2D eigenvalue weighted by atomic mass is 10.3. The second kappa shape index (κ2) is 6.11. The molecule has 0 aliphatic rings. The van der Waals surface area contributed by atoms with Crippen molar-refractivity contribution in [2.24, 2.45) is 0 Å². The van der Waals surface area contributed by atoms with Crippen molar-refractivity contribution < 1.29 is 0 Å². The Balaban J connectivity index is 2.14. The molecule has 4 nitrogen and oxygen atoms in total. The van der Waals surface area contributed by atoms with Crippen LogP contribution in [0, 0.1) is 0 Å². The highest BCUT2D eigenvalue weighted by atomic mass is 32.1. The van der Waals surface area contributed by atoms with Crippen LogP contribution in [-0.2, 0) is 6.54 Å². The van der Waals surface area contributed by atoms with E-state index in [-0.39, 0.29) is 0 Å². The molecule has 2 rings (SSSR count). The highest BCUT2D eigenvalue weighted by Crippen LogP contribution is 2.23. The largest absolute Gasteiger partial charge is 0.383 e. The molecule has 0 aromatic carbocycles. The Morgan fingerprint density at radius 3 is 2.89 bits per heavy atom. The average molecular weight is 264 g/mol. The topological polar surface area (TPSA) is 55.0 Å². The molecule has 2 aromatic heterocycles. The molecular weight excluding hydrogens is 244 g/mol. The highest BCUT2D eigenvalue weighted by molar-refractivity contribution is 7.16. The minimum Gasteiger partial charge on any atom is -0.383 e. The molecule has 0 spiro atoms. The summed E-state index contributed by atoms with van der Waals surface area (Å²) in [5.74, 6) is 1.43. The lowest BCUT2D eigenvalue weighted by Gasteiger charge is -2.19. The summed E-state index contributed by atoms with van der Waals surface area (Å²) in [5, 5.41) is 2.98. The number of hydrogen-bond acceptors (Lipinski definition) is 5. The molecule has 0 bridgehead atoms. The van der Waals surface area contributed by atoms with Crippen LogP contribution >= 0.6 is 11.3 Å². The molecule has 0 atom stereocenters. The summed E-state index contributed by atoms with van der Waals surface area (Å²) < 4.78 is 0. The minimum absolute atomic E-state index is 0.600. The third-order valence-electron chi connectivity index (χ3n) is 3.04. The van der Waals surface area contributed by atoms with Crippen LogP contribution < -0.4 is 5.73 Å². The third kappa shape index (κ3) is 2.97. The maximum absolute atomic E-state index is 5.96. The summed E-state index contributed by atoms with van der Waals surface area (Å²) in [7, 11) is 0. The van der Waals surface area contributed by atoms with Crippen molar-refractivity contribution in [1.29, 1.82) is 0 Å². The fraction of sp³-hybridized carbons (Fsp3) is 0.538. The van der Waals surface area contributed by atoms with Gasteiger partial charge in [0.25, 0.3) is 0 Å². The van der Waals surface area contributed by atoms with Gasteiger partial charge in [-0.1, -0.05) is 20.3 Å². The van der Waals surface area contributed by atoms with Crippen LogP contribution in [0.2, 0.25) is 0 Å². The zero-order valence-corrected chi connectivity index (χ0v) is 11.8. The molecule has 0 aliphatic heterocycles. The number of nitrogens with zero attached hydrogens (tertiary/aromatic N) is 3. The van der Waals surface area contributed by atoms with Gasteiger partial charge < -0.3 is 5.73 Å². The van der Waals surface area contributed by atoms with Gasteiger partial charge in [0.1, 0.15) is 16.5 Å². The molecule has 2 heterocycles. The summed E-state index contributed by atoms with van der Waals surface area (Å²) >= 11 is 1.62. The van der Waals surface area contributed by atoms with Crippen molar-refractivity contribution in [2.45, 2.75) is 33.2 Å². The van der Waals surface area contributed by atoms with Crippen LogP contribution in [0.3, 0.4) is 0 Å². The molecule has 0 fully saturated rings. The Kier molecular flexibility index (Phi) is 4.49. The van der Waals surface area contributed by atoms with Gasteiger partial charge in [0, 0.05) is 0 Å². The highest BCUT2D eigenvalue weighted by Gasteiger charge is 2.09. The van der Waals surface area contributed by atoms with Gasteiger partial charge in [0.15, 0.2) is 0 Å². The van der Waals surface area contributed by atoms with Gasteiger partial charge in [-0.15, -0.1) is 11.3 Å². The van der Waals surface area contributed by atoms with Gasteiger partial charge in [0.05, 0.1) is 11.9 Å². The lowest BCUT2D eigenvalue weighted by Crippen LogP contribution is -2.25. The molecule has 0 saturated heterocycles. The van der Waals surface area contributed by atoms with Crippen LogP contribution in [0.15, 0.2) is 11.4 Å². The SMILES string of the molecule is CCCCN(CC)Cc1nc(N)c2ccsc2n1. The predicted octanol–water partition coefficient (Wildman–Crippen LogP) is 2.90. The van der Waals surface area contributed by atoms with Crippen LogP contribution in [-0.4, -0.2) is 28.0 Å². The molecule has 5 heteroatoms. The first-order valence-corrected chi connectivity index (χ1v) is 7.34. The van der Waals surface area contributed by atoms with Crippen molar-refractivity contribution in [3.63, 3.8) is 0 Å². The number of nitrogens with two attached hydrogens (primary N) is 1. The molecule has 0 amide bonds. The number of anilines is 1. The van der Waals surface area contributed by atoms with E-state index < -0.39 is 0 Å². The number of nitrogen functional groups attached to an aromatic ring is 1. The van der Waals surface area contributed by atoms with Gasteiger partial charge >= 0.3 is 0 Å². The van der Waals surface area contributed by atoms with E-state index in [4.69, 9.17) is 5.73 Å². The van der Waals surface area contributed by atoms with E-state index in [1.165, 1.54) is 12.8 Å². The summed E-state index contributed by atoms with van der Waals surface area (Å²) in [6.45, 7) is 7.28. The lowest BCUT2D eigenvalue weighted by molar-refractivity contribution is 0.269. The number of aromatic nitrogens is 2. The zero-order valence-electron chi connectivity index (χ0n) is 11.0. The predicted molar refractivity (Wildman–Crippen MR) is 77.7 cm³/mol. The summed E-state index contributed by atoms with van der Waals surface area (Å²) in [5.41, 5.74) is 5.96. The maximum Gasteiger partial charge on any atom is 0.146 e. The Bertz CT molecular complexity index is 509. The van der Waals surface area contributed by atoms with Crippen LogP contribution in [0.25, 0.3) is 10.2 Å². The fourth-order valence-corrected chi connectivity index (χ4v) is 2.72. The smallest absolute Gasteiger partial charge is 0.146 e. The molecular formula is C13H20N4S. The number of thiophene rings is 1. The van der Waals surface area contributed by atoms with Gasteiger partial charge in [-0.3, -0.25) is 4.90 Å². The monoisotopic (exact) mass is 264 g/mol. The fourth-order valence-electron chi connectivity index (χ4n) is 1.93. The number of rotatable bonds is 6. The standard InChI is InChI=1S/C13H20N4S/c1-3-5-7-17(4-2)9-11-15-12(14)10-6-8-18-13(10)16-11/h6,8H,3-5,7,9H2,1-2H3,(H2,14,15,16). The van der Waals surface area contributed by atoms with E-state index in [0.717, 1.165) is 35.7 Å². The molecule has 0 saturated carbocycles. The third-order valence-corrected chi connectivity index (χ3v) is 3.85. The first-order chi connectivity index (χ1) is 8.74. The van der Waals surface area contributed by atoms with Crippen molar-refractivity contribution in [1.82, 2.24) is 14.9 Å². The first-order valence-electron chi connectivity index (χ1n) is 6.46. The molecule has 0 radical (unpaired) electrons. The molecule has 18 heavy (non-hydrogen) atoms. The molecule has 2 aromatic rings. The molecule has 2 N–H and O–H groups in total. The number of unbranched alkanes of at least 4 members (excludes halogenated alkanes) is 1. The Morgan fingerprint density at radius 2 is 2.17 bits per heavy atom. The first kappa shape index (κ1) is 13.2. The zero-order chi connectivity index (χ0) is 13.0. The maximum atomic E-state index is 5.96. The Morgan fingerprint density at radius 1 is 1.33 bits per heavy atom. The molecule has 0 unspecified atom stereocenters.